The molecule has 1 fully saturated rings. The third-order valence-corrected chi connectivity index (χ3v) is 3.63. The average molecular weight is 289 g/mol. The van der Waals surface area contributed by atoms with E-state index in [1.54, 1.807) is 6.07 Å². The number of rotatable bonds is 1. The van der Waals surface area contributed by atoms with Gasteiger partial charge in [-0.25, -0.2) is 4.98 Å². The summed E-state index contributed by atoms with van der Waals surface area (Å²) in [7, 11) is 0. The van der Waals surface area contributed by atoms with E-state index in [1.807, 2.05) is 18.7 Å². The van der Waals surface area contributed by atoms with Crippen molar-refractivity contribution in [3.8, 4) is 0 Å². The Morgan fingerprint density at radius 1 is 1.44 bits per heavy atom. The van der Waals surface area contributed by atoms with Crippen molar-refractivity contribution < 1.29 is 4.79 Å². The van der Waals surface area contributed by atoms with Crippen LogP contribution in [0.3, 0.4) is 0 Å². The zero-order valence-electron chi connectivity index (χ0n) is 10.1. The fourth-order valence-corrected chi connectivity index (χ4v) is 2.39. The minimum Gasteiger partial charge on any atom is -0.382 e. The summed E-state index contributed by atoms with van der Waals surface area (Å²) in [4.78, 5) is 17.9. The lowest BCUT2D eigenvalue weighted by Gasteiger charge is -2.42. The Morgan fingerprint density at radius 3 is 2.78 bits per heavy atom. The Kier molecular flexibility index (Phi) is 3.29. The number of piperazine rings is 1. The number of halogens is 2. The molecule has 0 unspecified atom stereocenters. The van der Waals surface area contributed by atoms with Gasteiger partial charge in [0.05, 0.1) is 10.0 Å². The van der Waals surface area contributed by atoms with E-state index < -0.39 is 5.54 Å². The van der Waals surface area contributed by atoms with Crippen LogP contribution in [0.1, 0.15) is 13.8 Å². The van der Waals surface area contributed by atoms with Crippen LogP contribution in [0.5, 0.6) is 0 Å². The zero-order valence-corrected chi connectivity index (χ0v) is 11.6. The first kappa shape index (κ1) is 13.2. The predicted molar refractivity (Wildman–Crippen MR) is 73.1 cm³/mol. The molecule has 0 bridgehead atoms. The molecule has 0 aliphatic carbocycles. The van der Waals surface area contributed by atoms with Gasteiger partial charge in [0.15, 0.2) is 5.82 Å². The SMILES string of the molecule is CC1(C)C(=O)NCCN1c1nc(N)c(Cl)cc1Cl. The van der Waals surface area contributed by atoms with Gasteiger partial charge in [0, 0.05) is 13.1 Å². The summed E-state index contributed by atoms with van der Waals surface area (Å²) in [6.45, 7) is 4.78. The number of nitrogens with zero attached hydrogens (tertiary/aromatic N) is 2. The molecule has 1 amide bonds. The van der Waals surface area contributed by atoms with Gasteiger partial charge in [0.2, 0.25) is 5.91 Å². The summed E-state index contributed by atoms with van der Waals surface area (Å²) < 4.78 is 0. The molecule has 2 heterocycles. The number of pyridine rings is 1. The molecule has 0 saturated carbocycles. The number of carbonyl (C=O) groups excluding carboxylic acids is 1. The van der Waals surface area contributed by atoms with Crippen LogP contribution in [0.25, 0.3) is 0 Å². The summed E-state index contributed by atoms with van der Waals surface area (Å²) in [6, 6.07) is 1.55. The summed E-state index contributed by atoms with van der Waals surface area (Å²) >= 11 is 12.0. The second kappa shape index (κ2) is 4.48. The van der Waals surface area contributed by atoms with E-state index in [4.69, 9.17) is 28.9 Å². The van der Waals surface area contributed by atoms with Crippen LogP contribution < -0.4 is 16.0 Å². The van der Waals surface area contributed by atoms with Gasteiger partial charge in [-0.05, 0) is 19.9 Å². The number of nitrogen functional groups attached to an aromatic ring is 1. The maximum atomic E-state index is 11.9. The van der Waals surface area contributed by atoms with Crippen molar-refractivity contribution in [2.75, 3.05) is 23.7 Å². The van der Waals surface area contributed by atoms with Crippen molar-refractivity contribution in [2.24, 2.45) is 0 Å². The second-order valence-corrected chi connectivity index (χ2v) is 5.44. The second-order valence-electron chi connectivity index (χ2n) is 4.63. The number of anilines is 2. The van der Waals surface area contributed by atoms with Crippen molar-refractivity contribution in [1.29, 1.82) is 0 Å². The third kappa shape index (κ3) is 2.08. The highest BCUT2D eigenvalue weighted by Gasteiger charge is 2.39. The molecule has 1 aliphatic rings. The zero-order chi connectivity index (χ0) is 13.5. The number of amides is 1. The first-order valence-corrected chi connectivity index (χ1v) is 6.27. The highest BCUT2D eigenvalue weighted by atomic mass is 35.5. The van der Waals surface area contributed by atoms with Crippen LogP contribution in [0, 0.1) is 0 Å². The van der Waals surface area contributed by atoms with E-state index >= 15 is 0 Å². The normalized spacial score (nSPS) is 18.7. The lowest BCUT2D eigenvalue weighted by Crippen LogP contribution is -2.62. The fraction of sp³-hybridized carbons (Fsp3) is 0.455. The van der Waals surface area contributed by atoms with E-state index in [-0.39, 0.29) is 11.7 Å². The molecule has 2 rings (SSSR count). The van der Waals surface area contributed by atoms with Crippen molar-refractivity contribution in [2.45, 2.75) is 19.4 Å². The van der Waals surface area contributed by atoms with Gasteiger partial charge in [-0.2, -0.15) is 0 Å². The maximum Gasteiger partial charge on any atom is 0.245 e. The van der Waals surface area contributed by atoms with Gasteiger partial charge in [-0.3, -0.25) is 4.79 Å². The number of nitrogens with one attached hydrogen (secondary N) is 1. The molecule has 1 aromatic heterocycles. The molecular formula is C11H14Cl2N4O. The standard InChI is InChI=1S/C11H14Cl2N4O/c1-11(2)10(18)15-3-4-17(11)9-7(13)5-6(12)8(14)16-9/h5H,3-4H2,1-2H3,(H2,14,16)(H,15,18). The highest BCUT2D eigenvalue weighted by Crippen LogP contribution is 2.34. The summed E-state index contributed by atoms with van der Waals surface area (Å²) in [6.07, 6.45) is 0. The van der Waals surface area contributed by atoms with Crippen LogP contribution in [0.2, 0.25) is 10.0 Å². The first-order chi connectivity index (χ1) is 8.34. The smallest absolute Gasteiger partial charge is 0.245 e. The van der Waals surface area contributed by atoms with Crippen LogP contribution >= 0.6 is 23.2 Å². The van der Waals surface area contributed by atoms with Gasteiger partial charge >= 0.3 is 0 Å². The molecular weight excluding hydrogens is 275 g/mol. The number of nitrogens with two attached hydrogens (primary N) is 1. The lowest BCUT2D eigenvalue weighted by atomic mass is 9.99. The van der Waals surface area contributed by atoms with Gasteiger partial charge in [0.1, 0.15) is 11.4 Å². The lowest BCUT2D eigenvalue weighted by molar-refractivity contribution is -0.126. The largest absolute Gasteiger partial charge is 0.382 e. The van der Waals surface area contributed by atoms with Crippen molar-refractivity contribution in [1.82, 2.24) is 10.3 Å². The molecule has 18 heavy (non-hydrogen) atoms. The molecule has 0 radical (unpaired) electrons. The number of carbonyl (C=O) groups is 1. The molecule has 98 valence electrons. The first-order valence-electron chi connectivity index (χ1n) is 5.51. The van der Waals surface area contributed by atoms with Gasteiger partial charge < -0.3 is 16.0 Å². The number of hydrogen-bond acceptors (Lipinski definition) is 4. The minimum atomic E-state index is -0.727. The Morgan fingerprint density at radius 2 is 2.11 bits per heavy atom. The predicted octanol–water partition coefficient (Wildman–Crippen LogP) is 1.69. The maximum absolute atomic E-state index is 11.9. The molecule has 1 aromatic rings. The molecule has 1 saturated heterocycles. The topological polar surface area (TPSA) is 71.2 Å². The fourth-order valence-electron chi connectivity index (χ4n) is 1.93. The van der Waals surface area contributed by atoms with E-state index in [0.717, 1.165) is 0 Å². The molecule has 0 spiro atoms. The Bertz CT molecular complexity index is 504. The monoisotopic (exact) mass is 288 g/mol. The minimum absolute atomic E-state index is 0.0693. The molecule has 0 atom stereocenters. The van der Waals surface area contributed by atoms with E-state index in [9.17, 15) is 4.79 Å². The van der Waals surface area contributed by atoms with Gasteiger partial charge in [-0.1, -0.05) is 23.2 Å². The third-order valence-electron chi connectivity index (χ3n) is 3.05. The number of aromatic nitrogens is 1. The van der Waals surface area contributed by atoms with Crippen LogP contribution in [0.4, 0.5) is 11.6 Å². The average Bonchev–Trinajstić information content (AvgIpc) is 2.28. The van der Waals surface area contributed by atoms with E-state index in [1.165, 1.54) is 0 Å². The van der Waals surface area contributed by atoms with Crippen LogP contribution in [-0.2, 0) is 4.79 Å². The molecule has 5 nitrogen and oxygen atoms in total. The Labute approximate surface area is 115 Å². The van der Waals surface area contributed by atoms with Crippen molar-refractivity contribution in [3.05, 3.63) is 16.1 Å². The van der Waals surface area contributed by atoms with Crippen molar-refractivity contribution >= 4 is 40.7 Å². The van der Waals surface area contributed by atoms with Crippen LogP contribution in [0.15, 0.2) is 6.07 Å². The summed E-state index contributed by atoms with van der Waals surface area (Å²) in [5.41, 5.74) is 4.96. The van der Waals surface area contributed by atoms with Gasteiger partial charge in [-0.15, -0.1) is 0 Å². The molecule has 1 aliphatic heterocycles. The van der Waals surface area contributed by atoms with E-state index in [2.05, 4.69) is 10.3 Å². The highest BCUT2D eigenvalue weighted by molar-refractivity contribution is 6.37. The van der Waals surface area contributed by atoms with Crippen LogP contribution in [-0.4, -0.2) is 29.5 Å². The van der Waals surface area contributed by atoms with Crippen molar-refractivity contribution in [3.63, 3.8) is 0 Å². The Balaban J connectivity index is 2.48. The molecule has 0 aromatic carbocycles. The molecule has 3 N–H and O–H groups in total. The van der Waals surface area contributed by atoms with E-state index in [0.29, 0.717) is 29.0 Å². The summed E-state index contributed by atoms with van der Waals surface area (Å²) in [5, 5.41) is 3.50. The summed E-state index contributed by atoms with van der Waals surface area (Å²) in [5.74, 6) is 0.622. The molecule has 7 heteroatoms. The van der Waals surface area contributed by atoms with Gasteiger partial charge in [0.25, 0.3) is 0 Å². The number of hydrogen-bond donors (Lipinski definition) is 2. The quantitative estimate of drug-likeness (QED) is 0.825. The Hall–Kier alpha value is -1.20.